The summed E-state index contributed by atoms with van der Waals surface area (Å²) >= 11 is 0. The van der Waals surface area contributed by atoms with E-state index in [-0.39, 0.29) is 17.1 Å². The summed E-state index contributed by atoms with van der Waals surface area (Å²) in [6, 6.07) is 6.82. The molecule has 0 saturated carbocycles. The number of nitrogens with zero attached hydrogens (tertiary/aromatic N) is 2. The molecule has 1 aromatic carbocycles. The van der Waals surface area contributed by atoms with Gasteiger partial charge in [-0.15, -0.1) is 0 Å². The van der Waals surface area contributed by atoms with Crippen molar-refractivity contribution in [3.8, 4) is 5.75 Å². The summed E-state index contributed by atoms with van der Waals surface area (Å²) < 4.78 is 1.73. The molecule has 0 aliphatic rings. The van der Waals surface area contributed by atoms with Crippen molar-refractivity contribution in [3.63, 3.8) is 0 Å². The lowest BCUT2D eigenvalue weighted by Gasteiger charge is -2.09. The molecule has 20 heavy (non-hydrogen) atoms. The summed E-state index contributed by atoms with van der Waals surface area (Å²) in [6.07, 6.45) is 1.75. The van der Waals surface area contributed by atoms with Crippen molar-refractivity contribution < 1.29 is 14.8 Å². The van der Waals surface area contributed by atoms with Gasteiger partial charge in [-0.2, -0.15) is 0 Å². The molecule has 7 nitrogen and oxygen atoms in total. The topological polar surface area (TPSA) is 97.4 Å². The molecule has 7 heteroatoms. The third-order valence-corrected chi connectivity index (χ3v) is 2.84. The second kappa shape index (κ2) is 5.43. The third-order valence-electron chi connectivity index (χ3n) is 2.84. The molecule has 2 aromatic rings. The Labute approximate surface area is 114 Å². The molecular weight excluding hydrogens is 262 g/mol. The van der Waals surface area contributed by atoms with Crippen LogP contribution in [0.5, 0.6) is 5.75 Å². The fourth-order valence-electron chi connectivity index (χ4n) is 1.82. The van der Waals surface area contributed by atoms with E-state index in [4.69, 9.17) is 0 Å². The number of aromatic hydroxyl groups is 1. The molecule has 1 aromatic heterocycles. The number of non-ortho nitro benzene ring substituents is 1. The smallest absolute Gasteiger partial charge is 0.272 e. The zero-order valence-corrected chi connectivity index (χ0v) is 10.7. The molecular formula is C13H13N3O4. The maximum Gasteiger partial charge on any atom is 0.272 e. The van der Waals surface area contributed by atoms with Crippen molar-refractivity contribution in [2.24, 2.45) is 0 Å². The first-order chi connectivity index (χ1) is 9.52. The first-order valence-corrected chi connectivity index (χ1v) is 5.97. The molecule has 104 valence electrons. The van der Waals surface area contributed by atoms with Gasteiger partial charge in [0, 0.05) is 24.9 Å². The number of phenols is 1. The normalized spacial score (nSPS) is 10.2. The number of nitrogens with one attached hydrogen (secondary N) is 1. The molecule has 0 aliphatic carbocycles. The number of anilines is 1. The van der Waals surface area contributed by atoms with Gasteiger partial charge < -0.3 is 15.0 Å². The van der Waals surface area contributed by atoms with Crippen molar-refractivity contribution >= 4 is 17.3 Å². The number of nitro benzene ring substituents is 1. The van der Waals surface area contributed by atoms with Crippen LogP contribution in [0.4, 0.5) is 11.4 Å². The van der Waals surface area contributed by atoms with Crippen LogP contribution in [-0.2, 0) is 6.54 Å². The molecule has 0 fully saturated rings. The summed E-state index contributed by atoms with van der Waals surface area (Å²) in [4.78, 5) is 22.2. The van der Waals surface area contributed by atoms with Crippen molar-refractivity contribution in [2.45, 2.75) is 13.5 Å². The van der Waals surface area contributed by atoms with E-state index in [1.165, 1.54) is 12.1 Å². The Balaban J connectivity index is 2.28. The molecule has 0 atom stereocenters. The number of benzene rings is 1. The Hall–Kier alpha value is -2.83. The van der Waals surface area contributed by atoms with Gasteiger partial charge in [-0.25, -0.2) is 0 Å². The van der Waals surface area contributed by atoms with Crippen LogP contribution in [0.25, 0.3) is 0 Å². The maximum atomic E-state index is 12.1. The first kappa shape index (κ1) is 13.6. The lowest BCUT2D eigenvalue weighted by molar-refractivity contribution is -0.384. The molecule has 2 rings (SSSR count). The molecule has 2 N–H and O–H groups in total. The fraction of sp³-hybridized carbons (Fsp3) is 0.154. The van der Waals surface area contributed by atoms with E-state index in [0.29, 0.717) is 12.2 Å². The van der Waals surface area contributed by atoms with Crippen LogP contribution in [0.1, 0.15) is 17.4 Å². The van der Waals surface area contributed by atoms with Gasteiger partial charge in [0.2, 0.25) is 0 Å². The Kier molecular flexibility index (Phi) is 3.69. The minimum atomic E-state index is -0.593. The molecule has 0 aliphatic heterocycles. The van der Waals surface area contributed by atoms with Gasteiger partial charge in [-0.3, -0.25) is 14.9 Å². The zero-order chi connectivity index (χ0) is 14.7. The van der Waals surface area contributed by atoms with Crippen molar-refractivity contribution in [2.75, 3.05) is 5.32 Å². The van der Waals surface area contributed by atoms with Crippen LogP contribution in [0.15, 0.2) is 36.5 Å². The largest absolute Gasteiger partial charge is 0.506 e. The average Bonchev–Trinajstić information content (AvgIpc) is 2.89. The number of hydrogen-bond acceptors (Lipinski definition) is 4. The zero-order valence-electron chi connectivity index (χ0n) is 10.7. The Bertz CT molecular complexity index is 663. The summed E-state index contributed by atoms with van der Waals surface area (Å²) in [5.41, 5.74) is 0.218. The van der Waals surface area contributed by atoms with Crippen molar-refractivity contribution in [3.05, 3.63) is 52.3 Å². The van der Waals surface area contributed by atoms with E-state index < -0.39 is 10.8 Å². The summed E-state index contributed by atoms with van der Waals surface area (Å²) in [7, 11) is 0. The first-order valence-electron chi connectivity index (χ1n) is 5.97. The highest BCUT2D eigenvalue weighted by molar-refractivity contribution is 6.04. The standard InChI is InChI=1S/C13H13N3O4/c1-2-15-7-3-4-11(15)13(18)14-10-8-9(16(19)20)5-6-12(10)17/h3-8,17H,2H2,1H3,(H,14,18). The number of phenolic OH excluding ortho intramolecular Hbond substituents is 1. The number of nitro groups is 1. The van der Waals surface area contributed by atoms with E-state index >= 15 is 0 Å². The van der Waals surface area contributed by atoms with Gasteiger partial charge in [0.1, 0.15) is 11.4 Å². The van der Waals surface area contributed by atoms with Crippen molar-refractivity contribution in [1.82, 2.24) is 4.57 Å². The average molecular weight is 275 g/mol. The van der Waals surface area contributed by atoms with Gasteiger partial charge in [0.25, 0.3) is 11.6 Å². The third kappa shape index (κ3) is 2.61. The summed E-state index contributed by atoms with van der Waals surface area (Å²) in [5, 5.41) is 22.8. The lowest BCUT2D eigenvalue weighted by Crippen LogP contribution is -2.16. The van der Waals surface area contributed by atoms with E-state index in [0.717, 1.165) is 6.07 Å². The van der Waals surface area contributed by atoms with Crippen LogP contribution in [0, 0.1) is 10.1 Å². The summed E-state index contributed by atoms with van der Waals surface area (Å²) in [5.74, 6) is -0.661. The molecule has 0 radical (unpaired) electrons. The number of amides is 1. The minimum Gasteiger partial charge on any atom is -0.506 e. The van der Waals surface area contributed by atoms with Crippen LogP contribution in [0.2, 0.25) is 0 Å². The highest BCUT2D eigenvalue weighted by atomic mass is 16.6. The van der Waals surface area contributed by atoms with E-state index in [9.17, 15) is 20.0 Å². The predicted molar refractivity (Wildman–Crippen MR) is 72.8 cm³/mol. The molecule has 0 saturated heterocycles. The van der Waals surface area contributed by atoms with E-state index in [2.05, 4.69) is 5.32 Å². The fourth-order valence-corrected chi connectivity index (χ4v) is 1.82. The Morgan fingerprint density at radius 2 is 2.20 bits per heavy atom. The summed E-state index contributed by atoms with van der Waals surface area (Å²) in [6.45, 7) is 2.51. The Morgan fingerprint density at radius 1 is 1.45 bits per heavy atom. The number of rotatable bonds is 4. The predicted octanol–water partition coefficient (Wildman–Crippen LogP) is 2.37. The number of carbonyl (C=O) groups is 1. The van der Waals surface area contributed by atoms with Gasteiger partial charge in [-0.05, 0) is 25.1 Å². The van der Waals surface area contributed by atoms with Crippen LogP contribution >= 0.6 is 0 Å². The maximum absolute atomic E-state index is 12.1. The number of hydrogen-bond donors (Lipinski definition) is 2. The second-order valence-corrected chi connectivity index (χ2v) is 4.09. The molecule has 0 unspecified atom stereocenters. The lowest BCUT2D eigenvalue weighted by atomic mass is 10.2. The van der Waals surface area contributed by atoms with Crippen LogP contribution < -0.4 is 5.32 Å². The van der Waals surface area contributed by atoms with Crippen molar-refractivity contribution in [1.29, 1.82) is 0 Å². The second-order valence-electron chi connectivity index (χ2n) is 4.09. The SMILES string of the molecule is CCn1cccc1C(=O)Nc1cc([N+](=O)[O-])ccc1O. The highest BCUT2D eigenvalue weighted by Crippen LogP contribution is 2.28. The number of aromatic nitrogens is 1. The monoisotopic (exact) mass is 275 g/mol. The molecule has 1 heterocycles. The highest BCUT2D eigenvalue weighted by Gasteiger charge is 2.15. The van der Waals surface area contributed by atoms with E-state index in [1.54, 1.807) is 22.9 Å². The van der Waals surface area contributed by atoms with Crippen LogP contribution in [-0.4, -0.2) is 20.5 Å². The van der Waals surface area contributed by atoms with Crippen LogP contribution in [0.3, 0.4) is 0 Å². The van der Waals surface area contributed by atoms with Gasteiger partial charge in [0.05, 0.1) is 10.6 Å². The van der Waals surface area contributed by atoms with E-state index in [1.807, 2.05) is 6.92 Å². The minimum absolute atomic E-state index is 0.00746. The molecule has 1 amide bonds. The number of carbonyl (C=O) groups excluding carboxylic acids is 1. The van der Waals surface area contributed by atoms with Gasteiger partial charge >= 0.3 is 0 Å². The Morgan fingerprint density at radius 3 is 2.85 bits per heavy atom. The van der Waals surface area contributed by atoms with Gasteiger partial charge in [-0.1, -0.05) is 0 Å². The quantitative estimate of drug-likeness (QED) is 0.508. The molecule has 0 spiro atoms. The number of aryl methyl sites for hydroxylation is 1. The molecule has 0 bridgehead atoms. The van der Waals surface area contributed by atoms with Gasteiger partial charge in [0.15, 0.2) is 0 Å².